The summed E-state index contributed by atoms with van der Waals surface area (Å²) in [6, 6.07) is 8.82. The van der Waals surface area contributed by atoms with Crippen molar-refractivity contribution in [2.24, 2.45) is 5.41 Å². The molecule has 2 N–H and O–H groups in total. The molecule has 0 unspecified atom stereocenters. The Bertz CT molecular complexity index is 745. The van der Waals surface area contributed by atoms with Gasteiger partial charge in [0.15, 0.2) is 0 Å². The van der Waals surface area contributed by atoms with Crippen LogP contribution in [0.4, 0.5) is 5.69 Å². The van der Waals surface area contributed by atoms with Crippen LogP contribution < -0.4 is 10.6 Å². The van der Waals surface area contributed by atoms with Gasteiger partial charge in [0, 0.05) is 29.6 Å². The van der Waals surface area contributed by atoms with Gasteiger partial charge in [-0.2, -0.15) is 0 Å². The van der Waals surface area contributed by atoms with Gasteiger partial charge in [-0.25, -0.2) is 0 Å². The summed E-state index contributed by atoms with van der Waals surface area (Å²) in [5, 5.41) is 6.15. The number of carbonyl (C=O) groups is 2. The lowest BCUT2D eigenvalue weighted by Crippen LogP contribution is -2.45. The summed E-state index contributed by atoms with van der Waals surface area (Å²) in [6.45, 7) is 5.35. The van der Waals surface area contributed by atoms with Crippen molar-refractivity contribution < 1.29 is 9.59 Å². The number of pyridine rings is 1. The second-order valence-electron chi connectivity index (χ2n) is 6.08. The SMILES string of the molecule is Cc1cc(Cl)ccc1NC(=O)C(C)(C)C(=O)NCc1cccnc1. The fraction of sp³-hybridized carbons (Fsp3) is 0.278. The number of hydrogen-bond donors (Lipinski definition) is 2. The number of benzene rings is 1. The summed E-state index contributed by atoms with van der Waals surface area (Å²) in [5.74, 6) is -0.730. The highest BCUT2D eigenvalue weighted by atomic mass is 35.5. The molecule has 0 aliphatic heterocycles. The maximum absolute atomic E-state index is 12.5. The topological polar surface area (TPSA) is 71.1 Å². The van der Waals surface area contributed by atoms with Gasteiger partial charge in [0.1, 0.15) is 5.41 Å². The number of aryl methyl sites for hydroxylation is 1. The van der Waals surface area contributed by atoms with Crippen LogP contribution in [0.5, 0.6) is 0 Å². The van der Waals surface area contributed by atoms with Crippen molar-refractivity contribution in [3.63, 3.8) is 0 Å². The van der Waals surface area contributed by atoms with Gasteiger partial charge in [0.2, 0.25) is 11.8 Å². The third-order valence-corrected chi connectivity index (χ3v) is 3.98. The molecule has 126 valence electrons. The van der Waals surface area contributed by atoms with Crippen LogP contribution in [0.1, 0.15) is 25.0 Å². The van der Waals surface area contributed by atoms with E-state index in [9.17, 15) is 9.59 Å². The number of carbonyl (C=O) groups excluding carboxylic acids is 2. The van der Waals surface area contributed by atoms with Crippen molar-refractivity contribution in [2.75, 3.05) is 5.32 Å². The molecular weight excluding hydrogens is 326 g/mol. The molecule has 0 atom stereocenters. The molecule has 0 saturated heterocycles. The largest absolute Gasteiger partial charge is 0.351 e. The van der Waals surface area contributed by atoms with Crippen LogP contribution >= 0.6 is 11.6 Å². The minimum atomic E-state index is -1.21. The van der Waals surface area contributed by atoms with Crippen LogP contribution in [-0.4, -0.2) is 16.8 Å². The fourth-order valence-corrected chi connectivity index (χ4v) is 2.28. The number of anilines is 1. The lowest BCUT2D eigenvalue weighted by Gasteiger charge is -2.23. The van der Waals surface area contributed by atoms with E-state index in [1.807, 2.05) is 13.0 Å². The third kappa shape index (κ3) is 4.32. The van der Waals surface area contributed by atoms with Crippen LogP contribution in [0.3, 0.4) is 0 Å². The van der Waals surface area contributed by atoms with Crippen LogP contribution in [0.2, 0.25) is 5.02 Å². The first-order valence-electron chi connectivity index (χ1n) is 7.55. The highest BCUT2D eigenvalue weighted by Gasteiger charge is 2.36. The highest BCUT2D eigenvalue weighted by Crippen LogP contribution is 2.23. The Labute approximate surface area is 146 Å². The number of halogens is 1. The Morgan fingerprint density at radius 3 is 2.58 bits per heavy atom. The maximum atomic E-state index is 12.5. The molecule has 24 heavy (non-hydrogen) atoms. The highest BCUT2D eigenvalue weighted by molar-refractivity contribution is 6.30. The van der Waals surface area contributed by atoms with Gasteiger partial charge >= 0.3 is 0 Å². The van der Waals surface area contributed by atoms with Gasteiger partial charge in [0.05, 0.1) is 0 Å². The average Bonchev–Trinajstić information content (AvgIpc) is 2.55. The molecule has 2 rings (SSSR count). The molecule has 6 heteroatoms. The summed E-state index contributed by atoms with van der Waals surface area (Å²) in [4.78, 5) is 28.9. The second kappa shape index (κ2) is 7.45. The molecular formula is C18H20ClN3O2. The van der Waals surface area contributed by atoms with Gasteiger partial charge in [-0.1, -0.05) is 17.7 Å². The van der Waals surface area contributed by atoms with E-state index in [2.05, 4.69) is 15.6 Å². The second-order valence-corrected chi connectivity index (χ2v) is 6.52. The summed E-state index contributed by atoms with van der Waals surface area (Å²) < 4.78 is 0. The van der Waals surface area contributed by atoms with Gasteiger partial charge in [-0.05, 0) is 56.2 Å². The van der Waals surface area contributed by atoms with Crippen molar-refractivity contribution in [3.05, 3.63) is 58.9 Å². The van der Waals surface area contributed by atoms with Gasteiger partial charge in [-0.15, -0.1) is 0 Å². The summed E-state index contributed by atoms with van der Waals surface area (Å²) in [5.41, 5.74) is 1.13. The minimum absolute atomic E-state index is 0.323. The first-order valence-corrected chi connectivity index (χ1v) is 7.93. The first-order chi connectivity index (χ1) is 11.3. The lowest BCUT2D eigenvalue weighted by atomic mass is 9.90. The van der Waals surface area contributed by atoms with Gasteiger partial charge in [0.25, 0.3) is 0 Å². The minimum Gasteiger partial charge on any atom is -0.351 e. The maximum Gasteiger partial charge on any atom is 0.239 e. The molecule has 1 heterocycles. The monoisotopic (exact) mass is 345 g/mol. The fourth-order valence-electron chi connectivity index (χ4n) is 2.06. The number of nitrogens with one attached hydrogen (secondary N) is 2. The van der Waals surface area contributed by atoms with E-state index in [0.717, 1.165) is 11.1 Å². The van der Waals surface area contributed by atoms with Crippen LogP contribution in [0.15, 0.2) is 42.7 Å². The van der Waals surface area contributed by atoms with E-state index in [4.69, 9.17) is 11.6 Å². The van der Waals surface area contributed by atoms with Crippen molar-refractivity contribution in [1.82, 2.24) is 10.3 Å². The molecule has 1 aromatic heterocycles. The third-order valence-electron chi connectivity index (χ3n) is 3.75. The molecule has 1 aromatic carbocycles. The first kappa shape index (κ1) is 17.9. The average molecular weight is 346 g/mol. The Kier molecular flexibility index (Phi) is 5.57. The predicted octanol–water partition coefficient (Wildman–Crippen LogP) is 3.32. The zero-order valence-electron chi connectivity index (χ0n) is 13.9. The summed E-state index contributed by atoms with van der Waals surface area (Å²) >= 11 is 5.91. The van der Waals surface area contributed by atoms with Gasteiger partial charge in [-0.3, -0.25) is 14.6 Å². The Balaban J connectivity index is 2.02. The molecule has 0 saturated carbocycles. The molecule has 0 bridgehead atoms. The smallest absolute Gasteiger partial charge is 0.239 e. The predicted molar refractivity (Wildman–Crippen MR) is 94.7 cm³/mol. The van der Waals surface area contributed by atoms with E-state index in [-0.39, 0.29) is 11.8 Å². The van der Waals surface area contributed by atoms with E-state index in [1.54, 1.807) is 50.5 Å². The van der Waals surface area contributed by atoms with E-state index in [1.165, 1.54) is 0 Å². The number of hydrogen-bond acceptors (Lipinski definition) is 3. The Hall–Kier alpha value is -2.40. The Morgan fingerprint density at radius 2 is 1.96 bits per heavy atom. The number of rotatable bonds is 5. The summed E-state index contributed by atoms with van der Waals surface area (Å²) in [6.07, 6.45) is 3.33. The molecule has 0 aliphatic rings. The zero-order chi connectivity index (χ0) is 17.7. The van der Waals surface area contributed by atoms with Crippen molar-refractivity contribution in [1.29, 1.82) is 0 Å². The summed E-state index contributed by atoms with van der Waals surface area (Å²) in [7, 11) is 0. The van der Waals surface area contributed by atoms with E-state index in [0.29, 0.717) is 17.3 Å². The molecule has 5 nitrogen and oxygen atoms in total. The number of amides is 2. The number of aromatic nitrogens is 1. The molecule has 0 radical (unpaired) electrons. The standard InChI is InChI=1S/C18H20ClN3O2/c1-12-9-14(19)6-7-15(12)22-17(24)18(2,3)16(23)21-11-13-5-4-8-20-10-13/h4-10H,11H2,1-3H3,(H,21,23)(H,22,24). The van der Waals surface area contributed by atoms with E-state index < -0.39 is 5.41 Å². The number of nitrogens with zero attached hydrogens (tertiary/aromatic N) is 1. The van der Waals surface area contributed by atoms with Crippen molar-refractivity contribution in [2.45, 2.75) is 27.3 Å². The lowest BCUT2D eigenvalue weighted by molar-refractivity contribution is -0.138. The van der Waals surface area contributed by atoms with Crippen LogP contribution in [-0.2, 0) is 16.1 Å². The van der Waals surface area contributed by atoms with Crippen molar-refractivity contribution >= 4 is 29.1 Å². The Morgan fingerprint density at radius 1 is 1.21 bits per heavy atom. The molecule has 0 spiro atoms. The molecule has 0 aliphatic carbocycles. The molecule has 2 amide bonds. The van der Waals surface area contributed by atoms with E-state index >= 15 is 0 Å². The molecule has 2 aromatic rings. The van der Waals surface area contributed by atoms with Crippen LogP contribution in [0, 0.1) is 12.3 Å². The van der Waals surface area contributed by atoms with Crippen LogP contribution in [0.25, 0.3) is 0 Å². The molecule has 0 fully saturated rings. The quantitative estimate of drug-likeness (QED) is 0.816. The zero-order valence-corrected chi connectivity index (χ0v) is 14.6. The normalized spacial score (nSPS) is 11.0. The van der Waals surface area contributed by atoms with Gasteiger partial charge < -0.3 is 10.6 Å². The van der Waals surface area contributed by atoms with Crippen molar-refractivity contribution in [3.8, 4) is 0 Å².